The fraction of sp³-hybridized carbons (Fsp3) is 0.0175. The molecule has 4 heteroatoms. The number of fused-ring (bicyclic) bond motifs is 9. The van der Waals surface area contributed by atoms with Gasteiger partial charge in [0.05, 0.1) is 0 Å². The maximum Gasteiger partial charge on any atom is 0.159 e. The minimum absolute atomic E-state index is 0.289. The smallest absolute Gasteiger partial charge is 0.159 e. The van der Waals surface area contributed by atoms with Crippen LogP contribution in [-0.4, -0.2) is 11.7 Å². The number of nitrogens with one attached hydrogen (secondary N) is 1. The van der Waals surface area contributed by atoms with E-state index in [1.54, 1.807) is 0 Å². The molecule has 3 nitrogen and oxygen atoms in total. The molecule has 0 radical (unpaired) electrons. The molecule has 0 aliphatic carbocycles. The molecule has 10 aromatic carbocycles. The molecule has 12 rings (SSSR count). The molecular formula is C57H37N3S. The van der Waals surface area contributed by atoms with Crippen LogP contribution in [0.25, 0.3) is 85.9 Å². The highest BCUT2D eigenvalue weighted by atomic mass is 32.1. The standard InChI is InChI=1S/C57H37N3S/c1-3-13-36(14-4-1)42-26-29-50-51-30-27-44(35-54(51)61-53(50)34-42)57-59-55(37-15-5-2-6-16-37)58-56(60-57)43-20-12-19-40(32-43)38-17-11-18-39(31-38)41-25-28-49-47-23-8-7-21-45(47)46-22-9-10-24-48(46)52(49)33-41/h1-35,55H,(H,58,59,60). The van der Waals surface area contributed by atoms with Gasteiger partial charge in [-0.15, -0.1) is 11.3 Å². The monoisotopic (exact) mass is 795 g/mol. The summed E-state index contributed by atoms with van der Waals surface area (Å²) in [5, 5.41) is 13.9. The zero-order valence-corrected chi connectivity index (χ0v) is 33.9. The molecule has 0 amide bonds. The lowest BCUT2D eigenvalue weighted by molar-refractivity contribution is 0.674. The highest BCUT2D eigenvalue weighted by Crippen LogP contribution is 2.39. The Bertz CT molecular complexity index is 3530. The maximum atomic E-state index is 5.25. The van der Waals surface area contributed by atoms with Crippen LogP contribution in [0, 0.1) is 0 Å². The Hall–Kier alpha value is -7.66. The Kier molecular flexibility index (Phi) is 8.43. The summed E-state index contributed by atoms with van der Waals surface area (Å²) in [7, 11) is 0. The second-order valence-electron chi connectivity index (χ2n) is 15.8. The van der Waals surface area contributed by atoms with Crippen molar-refractivity contribution in [2.45, 2.75) is 6.17 Å². The van der Waals surface area contributed by atoms with E-state index in [4.69, 9.17) is 9.98 Å². The van der Waals surface area contributed by atoms with Gasteiger partial charge in [0, 0.05) is 31.3 Å². The number of amidine groups is 2. The third-order valence-corrected chi connectivity index (χ3v) is 13.2. The lowest BCUT2D eigenvalue weighted by Gasteiger charge is -2.24. The summed E-state index contributed by atoms with van der Waals surface area (Å²) in [5.74, 6) is 1.52. The van der Waals surface area contributed by atoms with Gasteiger partial charge >= 0.3 is 0 Å². The van der Waals surface area contributed by atoms with E-state index in [2.05, 4.69) is 212 Å². The number of nitrogens with zero attached hydrogens (tertiary/aromatic N) is 2. The lowest BCUT2D eigenvalue weighted by Crippen LogP contribution is -2.33. The van der Waals surface area contributed by atoms with E-state index < -0.39 is 0 Å². The Morgan fingerprint density at radius 2 is 0.770 bits per heavy atom. The molecule has 0 spiro atoms. The molecule has 0 fully saturated rings. The Morgan fingerprint density at radius 1 is 0.328 bits per heavy atom. The van der Waals surface area contributed by atoms with Crippen LogP contribution in [0.3, 0.4) is 0 Å². The van der Waals surface area contributed by atoms with Gasteiger partial charge in [0.15, 0.2) is 5.84 Å². The fourth-order valence-corrected chi connectivity index (χ4v) is 10.3. The zero-order chi connectivity index (χ0) is 40.3. The molecule has 1 aromatic heterocycles. The first-order chi connectivity index (χ1) is 30.2. The average Bonchev–Trinajstić information content (AvgIpc) is 3.72. The summed E-state index contributed by atoms with van der Waals surface area (Å²) in [6.07, 6.45) is -0.289. The molecule has 1 atom stereocenters. The van der Waals surface area contributed by atoms with Crippen molar-refractivity contribution in [2.24, 2.45) is 9.98 Å². The van der Waals surface area contributed by atoms with E-state index >= 15 is 0 Å². The van der Waals surface area contributed by atoms with Gasteiger partial charge in [-0.05, 0) is 102 Å². The number of benzene rings is 10. The Morgan fingerprint density at radius 3 is 1.41 bits per heavy atom. The van der Waals surface area contributed by atoms with Gasteiger partial charge in [-0.1, -0.05) is 182 Å². The minimum atomic E-state index is -0.289. The Labute approximate surface area is 357 Å². The number of hydrogen-bond donors (Lipinski definition) is 1. The third-order valence-electron chi connectivity index (χ3n) is 12.1. The van der Waals surface area contributed by atoms with Crippen LogP contribution in [0.5, 0.6) is 0 Å². The van der Waals surface area contributed by atoms with Crippen molar-refractivity contribution in [3.05, 3.63) is 229 Å². The summed E-state index contributed by atoms with van der Waals surface area (Å²) in [6, 6.07) is 76.5. The first-order valence-electron chi connectivity index (χ1n) is 20.7. The molecular weight excluding hydrogens is 759 g/mol. The van der Waals surface area contributed by atoms with Gasteiger partial charge < -0.3 is 5.32 Å². The van der Waals surface area contributed by atoms with E-state index in [1.807, 2.05) is 17.4 Å². The second-order valence-corrected chi connectivity index (χ2v) is 16.9. The van der Waals surface area contributed by atoms with Crippen LogP contribution < -0.4 is 5.32 Å². The van der Waals surface area contributed by atoms with Gasteiger partial charge in [-0.3, -0.25) is 0 Å². The quantitative estimate of drug-likeness (QED) is 0.167. The molecule has 0 saturated carbocycles. The molecule has 1 unspecified atom stereocenters. The average molecular weight is 796 g/mol. The number of rotatable bonds is 6. The normalized spacial score (nSPS) is 14.1. The SMILES string of the molecule is c1ccc(-c2ccc3c(c2)sc2cc(C4=NC(c5ccccc5)NC(c5cccc(-c6cccc(-c7ccc8c9ccccc9c9ccccc9c8c7)c6)c5)=N4)ccc23)cc1. The van der Waals surface area contributed by atoms with Gasteiger partial charge in [0.2, 0.25) is 0 Å². The van der Waals surface area contributed by atoms with Gasteiger partial charge in [0.25, 0.3) is 0 Å². The van der Waals surface area contributed by atoms with E-state index in [0.717, 1.165) is 39.5 Å². The third kappa shape index (κ3) is 6.28. The highest BCUT2D eigenvalue weighted by molar-refractivity contribution is 7.25. The first kappa shape index (κ1) is 35.3. The second kappa shape index (κ2) is 14.6. The summed E-state index contributed by atoms with van der Waals surface area (Å²) >= 11 is 1.82. The van der Waals surface area contributed by atoms with E-state index in [0.29, 0.717) is 0 Å². The molecule has 61 heavy (non-hydrogen) atoms. The molecule has 2 heterocycles. The highest BCUT2D eigenvalue weighted by Gasteiger charge is 2.22. The van der Waals surface area contributed by atoms with Crippen LogP contribution in [0.15, 0.2) is 222 Å². The minimum Gasteiger partial charge on any atom is -0.344 e. The number of thiophene rings is 1. The lowest BCUT2D eigenvalue weighted by atomic mass is 9.91. The predicted molar refractivity (Wildman–Crippen MR) is 260 cm³/mol. The molecule has 1 N–H and O–H groups in total. The molecule has 286 valence electrons. The Balaban J connectivity index is 0.912. The topological polar surface area (TPSA) is 36.8 Å². The van der Waals surface area contributed by atoms with Crippen molar-refractivity contribution in [2.75, 3.05) is 0 Å². The van der Waals surface area contributed by atoms with Crippen molar-refractivity contribution >= 4 is 75.5 Å². The van der Waals surface area contributed by atoms with Crippen molar-refractivity contribution in [3.63, 3.8) is 0 Å². The van der Waals surface area contributed by atoms with Crippen LogP contribution >= 0.6 is 11.3 Å². The van der Waals surface area contributed by atoms with E-state index in [9.17, 15) is 0 Å². The van der Waals surface area contributed by atoms with Crippen molar-refractivity contribution in [3.8, 4) is 33.4 Å². The van der Waals surface area contributed by atoms with Crippen molar-refractivity contribution in [1.82, 2.24) is 5.32 Å². The summed E-state index contributed by atoms with van der Waals surface area (Å²) < 4.78 is 2.50. The van der Waals surface area contributed by atoms with Crippen LogP contribution in [0.1, 0.15) is 22.9 Å². The largest absolute Gasteiger partial charge is 0.344 e. The molecule has 0 saturated heterocycles. The zero-order valence-electron chi connectivity index (χ0n) is 33.1. The molecule has 11 aromatic rings. The maximum absolute atomic E-state index is 5.25. The van der Waals surface area contributed by atoms with Gasteiger partial charge in [-0.25, -0.2) is 9.98 Å². The fourth-order valence-electron chi connectivity index (χ4n) is 9.07. The summed E-state index contributed by atoms with van der Waals surface area (Å²) in [6.45, 7) is 0. The van der Waals surface area contributed by atoms with E-state index in [-0.39, 0.29) is 6.17 Å². The van der Waals surface area contributed by atoms with Crippen molar-refractivity contribution in [1.29, 1.82) is 0 Å². The van der Waals surface area contributed by atoms with E-state index in [1.165, 1.54) is 74.7 Å². The number of hydrogen-bond acceptors (Lipinski definition) is 4. The molecule has 0 bridgehead atoms. The summed E-state index contributed by atoms with van der Waals surface area (Å²) in [5.41, 5.74) is 10.2. The van der Waals surface area contributed by atoms with Gasteiger partial charge in [-0.2, -0.15) is 0 Å². The first-order valence-corrected chi connectivity index (χ1v) is 21.6. The van der Waals surface area contributed by atoms with Crippen LogP contribution in [0.2, 0.25) is 0 Å². The van der Waals surface area contributed by atoms with Crippen LogP contribution in [-0.2, 0) is 0 Å². The predicted octanol–water partition coefficient (Wildman–Crippen LogP) is 15.0. The molecule has 1 aliphatic rings. The summed E-state index contributed by atoms with van der Waals surface area (Å²) in [4.78, 5) is 10.5. The molecule has 1 aliphatic heterocycles. The van der Waals surface area contributed by atoms with Crippen molar-refractivity contribution < 1.29 is 0 Å². The number of aliphatic imine (C=N–C) groups is 2. The van der Waals surface area contributed by atoms with Crippen LogP contribution in [0.4, 0.5) is 0 Å². The van der Waals surface area contributed by atoms with Gasteiger partial charge in [0.1, 0.15) is 12.0 Å².